The third kappa shape index (κ3) is 3.56. The van der Waals surface area contributed by atoms with Crippen molar-refractivity contribution < 1.29 is 0 Å². The van der Waals surface area contributed by atoms with Gasteiger partial charge in [0.25, 0.3) is 0 Å². The highest BCUT2D eigenvalue weighted by Gasteiger charge is 2.30. The van der Waals surface area contributed by atoms with Gasteiger partial charge in [-0.2, -0.15) is 0 Å². The zero-order chi connectivity index (χ0) is 13.8. The molecule has 0 spiro atoms. The van der Waals surface area contributed by atoms with Gasteiger partial charge in [-0.05, 0) is 31.8 Å². The summed E-state index contributed by atoms with van der Waals surface area (Å²) in [5.41, 5.74) is 7.15. The van der Waals surface area contributed by atoms with Gasteiger partial charge in [-0.25, -0.2) is 4.98 Å². The molecule has 1 saturated carbocycles. The first-order valence-electron chi connectivity index (χ1n) is 7.54. The monoisotopic (exact) mass is 281 g/mol. The van der Waals surface area contributed by atoms with E-state index < -0.39 is 0 Å². The van der Waals surface area contributed by atoms with Crippen LogP contribution < -0.4 is 5.73 Å². The van der Waals surface area contributed by atoms with E-state index in [0.29, 0.717) is 17.9 Å². The van der Waals surface area contributed by atoms with Gasteiger partial charge >= 0.3 is 0 Å². The second-order valence-electron chi connectivity index (χ2n) is 5.89. The van der Waals surface area contributed by atoms with Crippen molar-refractivity contribution in [3.63, 3.8) is 0 Å². The Hall–Kier alpha value is -0.450. The molecule has 4 heteroatoms. The standard InChI is InChI=1S/C15H27N3S/c1-4-18(14-7-5-6-12(14)8-16)9-13-10-19-15(17-13)11(2)3/h10-12,14H,4-9,16H2,1-3H3. The molecule has 1 aliphatic rings. The zero-order valence-electron chi connectivity index (χ0n) is 12.4. The van der Waals surface area contributed by atoms with E-state index in [9.17, 15) is 0 Å². The van der Waals surface area contributed by atoms with Crippen molar-refractivity contribution in [1.82, 2.24) is 9.88 Å². The molecule has 0 saturated heterocycles. The molecule has 0 aliphatic heterocycles. The largest absolute Gasteiger partial charge is 0.330 e. The fourth-order valence-corrected chi connectivity index (χ4v) is 3.93. The Bertz CT molecular complexity index is 388. The number of aromatic nitrogens is 1. The average molecular weight is 281 g/mol. The van der Waals surface area contributed by atoms with Gasteiger partial charge in [0.1, 0.15) is 0 Å². The third-order valence-electron chi connectivity index (χ3n) is 4.23. The number of nitrogens with zero attached hydrogens (tertiary/aromatic N) is 2. The van der Waals surface area contributed by atoms with Crippen LogP contribution in [-0.4, -0.2) is 29.0 Å². The summed E-state index contributed by atoms with van der Waals surface area (Å²) >= 11 is 1.80. The van der Waals surface area contributed by atoms with Crippen LogP contribution in [0.4, 0.5) is 0 Å². The predicted molar refractivity (Wildman–Crippen MR) is 82.5 cm³/mol. The second-order valence-corrected chi connectivity index (χ2v) is 6.78. The van der Waals surface area contributed by atoms with Crippen LogP contribution in [-0.2, 0) is 6.54 Å². The smallest absolute Gasteiger partial charge is 0.0954 e. The minimum Gasteiger partial charge on any atom is -0.330 e. The fraction of sp³-hybridized carbons (Fsp3) is 0.800. The van der Waals surface area contributed by atoms with Crippen LogP contribution in [0.1, 0.15) is 56.7 Å². The number of nitrogens with two attached hydrogens (primary N) is 1. The van der Waals surface area contributed by atoms with E-state index >= 15 is 0 Å². The third-order valence-corrected chi connectivity index (χ3v) is 5.42. The average Bonchev–Trinajstić information content (AvgIpc) is 3.04. The summed E-state index contributed by atoms with van der Waals surface area (Å²) in [5, 5.41) is 3.48. The summed E-state index contributed by atoms with van der Waals surface area (Å²) in [6.07, 6.45) is 3.93. The molecule has 2 rings (SSSR count). The molecule has 3 nitrogen and oxygen atoms in total. The molecule has 108 valence electrons. The molecule has 2 unspecified atom stereocenters. The Morgan fingerprint density at radius 3 is 2.84 bits per heavy atom. The van der Waals surface area contributed by atoms with E-state index in [1.54, 1.807) is 11.3 Å². The van der Waals surface area contributed by atoms with Crippen LogP contribution in [0.2, 0.25) is 0 Å². The van der Waals surface area contributed by atoms with Gasteiger partial charge in [0.15, 0.2) is 0 Å². The van der Waals surface area contributed by atoms with E-state index in [1.807, 2.05) is 0 Å². The molecule has 1 aromatic heterocycles. The Morgan fingerprint density at radius 2 is 2.26 bits per heavy atom. The van der Waals surface area contributed by atoms with Crippen LogP contribution >= 0.6 is 11.3 Å². The minimum absolute atomic E-state index is 0.539. The number of thiazole rings is 1. The lowest BCUT2D eigenvalue weighted by Gasteiger charge is -2.31. The fourth-order valence-electron chi connectivity index (χ4n) is 3.11. The molecule has 2 atom stereocenters. The molecule has 0 aromatic carbocycles. The normalized spacial score (nSPS) is 23.7. The maximum absolute atomic E-state index is 5.91. The Balaban J connectivity index is 2.01. The lowest BCUT2D eigenvalue weighted by Crippen LogP contribution is -2.39. The molecule has 0 radical (unpaired) electrons. The highest BCUT2D eigenvalue weighted by Crippen LogP contribution is 2.30. The second kappa shape index (κ2) is 6.82. The van der Waals surface area contributed by atoms with Crippen molar-refractivity contribution >= 4 is 11.3 Å². The molecule has 19 heavy (non-hydrogen) atoms. The van der Waals surface area contributed by atoms with Gasteiger partial charge in [-0.1, -0.05) is 27.2 Å². The van der Waals surface area contributed by atoms with E-state index in [1.165, 1.54) is 30.0 Å². The summed E-state index contributed by atoms with van der Waals surface area (Å²) in [6.45, 7) is 9.58. The number of rotatable bonds is 6. The predicted octanol–water partition coefficient (Wildman–Crippen LogP) is 3.22. The zero-order valence-corrected chi connectivity index (χ0v) is 13.2. The molecule has 1 fully saturated rings. The highest BCUT2D eigenvalue weighted by atomic mass is 32.1. The van der Waals surface area contributed by atoms with Gasteiger partial charge in [0.05, 0.1) is 10.7 Å². The van der Waals surface area contributed by atoms with E-state index in [4.69, 9.17) is 10.7 Å². The molecule has 0 amide bonds. The molecule has 1 aromatic rings. The minimum atomic E-state index is 0.539. The van der Waals surface area contributed by atoms with Crippen LogP contribution in [0, 0.1) is 5.92 Å². The van der Waals surface area contributed by atoms with Crippen molar-refractivity contribution in [1.29, 1.82) is 0 Å². The molecular weight excluding hydrogens is 254 g/mol. The van der Waals surface area contributed by atoms with Crippen molar-refractivity contribution in [2.45, 2.75) is 58.5 Å². The quantitative estimate of drug-likeness (QED) is 0.870. The van der Waals surface area contributed by atoms with Crippen LogP contribution in [0.3, 0.4) is 0 Å². The number of hydrogen-bond acceptors (Lipinski definition) is 4. The van der Waals surface area contributed by atoms with Crippen molar-refractivity contribution in [2.24, 2.45) is 11.7 Å². The Labute approximate surface area is 121 Å². The van der Waals surface area contributed by atoms with E-state index in [-0.39, 0.29) is 0 Å². The molecule has 0 bridgehead atoms. The van der Waals surface area contributed by atoms with Gasteiger partial charge in [-0.15, -0.1) is 11.3 Å². The maximum Gasteiger partial charge on any atom is 0.0954 e. The van der Waals surface area contributed by atoms with Crippen molar-refractivity contribution in [2.75, 3.05) is 13.1 Å². The van der Waals surface area contributed by atoms with Crippen LogP contribution in [0.15, 0.2) is 5.38 Å². The van der Waals surface area contributed by atoms with Gasteiger partial charge in [0, 0.05) is 23.9 Å². The topological polar surface area (TPSA) is 42.2 Å². The van der Waals surface area contributed by atoms with E-state index in [0.717, 1.165) is 19.6 Å². The molecular formula is C15H27N3S. The Kier molecular flexibility index (Phi) is 5.37. The lowest BCUT2D eigenvalue weighted by molar-refractivity contribution is 0.160. The summed E-state index contributed by atoms with van der Waals surface area (Å²) in [6, 6.07) is 0.666. The van der Waals surface area contributed by atoms with Crippen molar-refractivity contribution in [3.05, 3.63) is 16.1 Å². The number of hydrogen-bond donors (Lipinski definition) is 1. The van der Waals surface area contributed by atoms with Crippen LogP contribution in [0.25, 0.3) is 0 Å². The van der Waals surface area contributed by atoms with Gasteiger partial charge in [-0.3, -0.25) is 4.90 Å². The highest BCUT2D eigenvalue weighted by molar-refractivity contribution is 7.09. The summed E-state index contributed by atoms with van der Waals surface area (Å²) in [5.74, 6) is 1.22. The SMILES string of the molecule is CCN(Cc1csc(C(C)C)n1)C1CCCC1CN. The first-order chi connectivity index (χ1) is 9.15. The molecule has 2 N–H and O–H groups in total. The first kappa shape index (κ1) is 14.9. The van der Waals surface area contributed by atoms with Gasteiger partial charge in [0.2, 0.25) is 0 Å². The molecule has 1 aliphatic carbocycles. The summed E-state index contributed by atoms with van der Waals surface area (Å²) < 4.78 is 0. The lowest BCUT2D eigenvalue weighted by atomic mass is 10.0. The maximum atomic E-state index is 5.91. The van der Waals surface area contributed by atoms with Crippen LogP contribution in [0.5, 0.6) is 0 Å². The van der Waals surface area contributed by atoms with E-state index in [2.05, 4.69) is 31.1 Å². The molecule has 1 heterocycles. The Morgan fingerprint density at radius 1 is 1.47 bits per heavy atom. The first-order valence-corrected chi connectivity index (χ1v) is 8.42. The summed E-state index contributed by atoms with van der Waals surface area (Å²) in [4.78, 5) is 7.34. The summed E-state index contributed by atoms with van der Waals surface area (Å²) in [7, 11) is 0. The van der Waals surface area contributed by atoms with Gasteiger partial charge < -0.3 is 5.73 Å². The van der Waals surface area contributed by atoms with Crippen molar-refractivity contribution in [3.8, 4) is 0 Å².